The van der Waals surface area contributed by atoms with E-state index in [9.17, 15) is 5.11 Å². The second-order valence-corrected chi connectivity index (χ2v) is 5.49. The monoisotopic (exact) mass is 267 g/mol. The van der Waals surface area contributed by atoms with Gasteiger partial charge in [-0.1, -0.05) is 43.7 Å². The molecule has 0 aromatic heterocycles. The zero-order valence-electron chi connectivity index (χ0n) is 11.9. The Morgan fingerprint density at radius 2 is 2.00 bits per heavy atom. The second kappa shape index (κ2) is 5.58. The Morgan fingerprint density at radius 1 is 1.15 bits per heavy atom. The minimum atomic E-state index is 0.315. The predicted molar refractivity (Wildman–Crippen MR) is 83.2 cm³/mol. The van der Waals surface area contributed by atoms with Gasteiger partial charge in [-0.3, -0.25) is 0 Å². The van der Waals surface area contributed by atoms with Gasteiger partial charge in [-0.05, 0) is 48.1 Å². The van der Waals surface area contributed by atoms with Gasteiger partial charge in [-0.25, -0.2) is 0 Å². The smallest absolute Gasteiger partial charge is 0.119 e. The number of fused-ring (bicyclic) bond motifs is 1. The average Bonchev–Trinajstić information content (AvgIpc) is 2.86. The summed E-state index contributed by atoms with van der Waals surface area (Å²) in [7, 11) is 0. The van der Waals surface area contributed by atoms with Crippen molar-refractivity contribution in [2.24, 2.45) is 0 Å². The molecule has 2 aromatic rings. The third-order valence-electron chi connectivity index (χ3n) is 4.11. The van der Waals surface area contributed by atoms with Crippen LogP contribution in [-0.4, -0.2) is 5.11 Å². The summed E-state index contributed by atoms with van der Waals surface area (Å²) < 4.78 is 0. The summed E-state index contributed by atoms with van der Waals surface area (Å²) in [6, 6.07) is 14.7. The number of hydrogen-bond acceptors (Lipinski definition) is 2. The number of nitrogens with one attached hydrogen (secondary N) is 1. The van der Waals surface area contributed by atoms with Gasteiger partial charge >= 0.3 is 0 Å². The summed E-state index contributed by atoms with van der Waals surface area (Å²) in [4.78, 5) is 0. The van der Waals surface area contributed by atoms with Crippen LogP contribution in [0.25, 0.3) is 0 Å². The van der Waals surface area contributed by atoms with Crippen LogP contribution in [0.4, 0.5) is 5.69 Å². The molecule has 0 saturated carbocycles. The number of anilines is 1. The Morgan fingerprint density at radius 3 is 2.85 bits per heavy atom. The van der Waals surface area contributed by atoms with Gasteiger partial charge in [0.2, 0.25) is 0 Å². The fourth-order valence-electron chi connectivity index (χ4n) is 3.12. The summed E-state index contributed by atoms with van der Waals surface area (Å²) >= 11 is 0. The van der Waals surface area contributed by atoms with E-state index < -0.39 is 0 Å². The molecule has 1 unspecified atom stereocenters. The van der Waals surface area contributed by atoms with Gasteiger partial charge in [0, 0.05) is 5.69 Å². The summed E-state index contributed by atoms with van der Waals surface area (Å²) in [5, 5.41) is 13.6. The molecule has 0 bridgehead atoms. The van der Waals surface area contributed by atoms with Crippen molar-refractivity contribution in [2.45, 2.75) is 38.6 Å². The minimum Gasteiger partial charge on any atom is -0.508 e. The number of benzene rings is 2. The molecule has 1 atom stereocenters. The molecular weight excluding hydrogens is 246 g/mol. The van der Waals surface area contributed by atoms with E-state index in [0.29, 0.717) is 11.8 Å². The SMILES string of the molecule is CCCc1ccccc1NC1CCc2c(O)cccc21. The molecule has 0 aliphatic heterocycles. The zero-order chi connectivity index (χ0) is 13.9. The van der Waals surface area contributed by atoms with Crippen LogP contribution in [0, 0.1) is 0 Å². The molecule has 0 radical (unpaired) electrons. The Kier molecular flexibility index (Phi) is 3.64. The van der Waals surface area contributed by atoms with Crippen LogP contribution in [0.1, 0.15) is 42.5 Å². The van der Waals surface area contributed by atoms with Crippen molar-refractivity contribution in [1.82, 2.24) is 0 Å². The Balaban J connectivity index is 1.86. The molecule has 2 nitrogen and oxygen atoms in total. The van der Waals surface area contributed by atoms with Gasteiger partial charge in [-0.2, -0.15) is 0 Å². The second-order valence-electron chi connectivity index (χ2n) is 5.49. The number of phenols is 1. The third-order valence-corrected chi connectivity index (χ3v) is 4.11. The van der Waals surface area contributed by atoms with Crippen LogP contribution in [0.15, 0.2) is 42.5 Å². The van der Waals surface area contributed by atoms with Gasteiger partial charge in [-0.15, -0.1) is 0 Å². The third kappa shape index (κ3) is 2.38. The van der Waals surface area contributed by atoms with Gasteiger partial charge in [0.25, 0.3) is 0 Å². The molecule has 0 amide bonds. The summed E-state index contributed by atoms with van der Waals surface area (Å²) in [5.74, 6) is 0.439. The molecule has 1 aliphatic rings. The maximum atomic E-state index is 9.93. The van der Waals surface area contributed by atoms with E-state index in [-0.39, 0.29) is 0 Å². The maximum Gasteiger partial charge on any atom is 0.119 e. The van der Waals surface area contributed by atoms with Crippen molar-refractivity contribution >= 4 is 5.69 Å². The summed E-state index contributed by atoms with van der Waals surface area (Å²) in [6.45, 7) is 2.21. The fraction of sp³-hybridized carbons (Fsp3) is 0.333. The lowest BCUT2D eigenvalue weighted by atomic mass is 10.0. The normalized spacial score (nSPS) is 16.9. The average molecular weight is 267 g/mol. The van der Waals surface area contributed by atoms with Crippen molar-refractivity contribution in [3.63, 3.8) is 0 Å². The van der Waals surface area contributed by atoms with Gasteiger partial charge in [0.05, 0.1) is 6.04 Å². The van der Waals surface area contributed by atoms with Crippen molar-refractivity contribution in [3.8, 4) is 5.75 Å². The highest BCUT2D eigenvalue weighted by atomic mass is 16.3. The lowest BCUT2D eigenvalue weighted by molar-refractivity contribution is 0.469. The van der Waals surface area contributed by atoms with Crippen LogP contribution in [0.3, 0.4) is 0 Å². The molecule has 0 heterocycles. The highest BCUT2D eigenvalue weighted by molar-refractivity contribution is 5.55. The molecule has 0 spiro atoms. The van der Waals surface area contributed by atoms with E-state index in [1.54, 1.807) is 6.07 Å². The first-order valence-electron chi connectivity index (χ1n) is 7.44. The predicted octanol–water partition coefficient (Wildman–Crippen LogP) is 4.44. The minimum absolute atomic E-state index is 0.315. The van der Waals surface area contributed by atoms with E-state index in [2.05, 4.69) is 42.6 Å². The van der Waals surface area contributed by atoms with Gasteiger partial charge in [0.15, 0.2) is 0 Å². The van der Waals surface area contributed by atoms with Crippen LogP contribution in [0.5, 0.6) is 5.75 Å². The van der Waals surface area contributed by atoms with E-state index >= 15 is 0 Å². The number of phenolic OH excluding ortho intramolecular Hbond substituents is 1. The quantitative estimate of drug-likeness (QED) is 0.858. The van der Waals surface area contributed by atoms with E-state index in [1.807, 2.05) is 6.07 Å². The van der Waals surface area contributed by atoms with E-state index in [1.165, 1.54) is 16.8 Å². The van der Waals surface area contributed by atoms with Crippen molar-refractivity contribution in [1.29, 1.82) is 0 Å². The Bertz CT molecular complexity index is 606. The van der Waals surface area contributed by atoms with E-state index in [0.717, 1.165) is 31.2 Å². The van der Waals surface area contributed by atoms with Crippen molar-refractivity contribution < 1.29 is 5.11 Å². The van der Waals surface area contributed by atoms with Gasteiger partial charge < -0.3 is 10.4 Å². The Labute approximate surface area is 120 Å². The Hall–Kier alpha value is -1.96. The van der Waals surface area contributed by atoms with Crippen LogP contribution >= 0.6 is 0 Å². The molecule has 1 aliphatic carbocycles. The first-order chi connectivity index (χ1) is 9.79. The number of para-hydroxylation sites is 1. The molecule has 20 heavy (non-hydrogen) atoms. The topological polar surface area (TPSA) is 32.3 Å². The summed E-state index contributed by atoms with van der Waals surface area (Å²) in [6.07, 6.45) is 4.26. The maximum absolute atomic E-state index is 9.93. The van der Waals surface area contributed by atoms with Crippen molar-refractivity contribution in [3.05, 3.63) is 59.2 Å². The molecule has 104 valence electrons. The van der Waals surface area contributed by atoms with Crippen LogP contribution in [-0.2, 0) is 12.8 Å². The molecule has 2 aromatic carbocycles. The lowest BCUT2D eigenvalue weighted by Gasteiger charge is -2.18. The van der Waals surface area contributed by atoms with E-state index in [4.69, 9.17) is 0 Å². The standard InChI is InChI=1S/C18H21NO/c1-2-6-13-7-3-4-9-16(13)19-17-12-11-15-14(17)8-5-10-18(15)20/h3-5,7-10,17,19-20H,2,6,11-12H2,1H3. The number of aromatic hydroxyl groups is 1. The molecule has 0 fully saturated rings. The fourth-order valence-corrected chi connectivity index (χ4v) is 3.12. The van der Waals surface area contributed by atoms with Crippen molar-refractivity contribution in [2.75, 3.05) is 5.32 Å². The molecule has 3 rings (SSSR count). The first kappa shape index (κ1) is 13.0. The highest BCUT2D eigenvalue weighted by Crippen LogP contribution is 2.38. The number of aryl methyl sites for hydroxylation is 1. The van der Waals surface area contributed by atoms with Gasteiger partial charge in [0.1, 0.15) is 5.75 Å². The molecule has 2 heteroatoms. The molecule has 0 saturated heterocycles. The largest absolute Gasteiger partial charge is 0.508 e. The highest BCUT2D eigenvalue weighted by Gasteiger charge is 2.24. The molecular formula is C18H21NO. The zero-order valence-corrected chi connectivity index (χ0v) is 11.9. The summed E-state index contributed by atoms with van der Waals surface area (Å²) in [5.41, 5.74) is 4.97. The lowest BCUT2D eigenvalue weighted by Crippen LogP contribution is -2.08. The number of rotatable bonds is 4. The molecule has 2 N–H and O–H groups in total. The first-order valence-corrected chi connectivity index (χ1v) is 7.44. The number of hydrogen-bond donors (Lipinski definition) is 2. The van der Waals surface area contributed by atoms with Crippen LogP contribution < -0.4 is 5.32 Å². The van der Waals surface area contributed by atoms with Crippen LogP contribution in [0.2, 0.25) is 0 Å².